The topological polar surface area (TPSA) is 22.6 Å². The van der Waals surface area contributed by atoms with E-state index in [0.717, 1.165) is 55.0 Å². The van der Waals surface area contributed by atoms with Gasteiger partial charge >= 0.3 is 0 Å². The van der Waals surface area contributed by atoms with Gasteiger partial charge in [0, 0.05) is 38.5 Å². The van der Waals surface area contributed by atoms with Gasteiger partial charge < -0.3 is 14.7 Å². The van der Waals surface area contributed by atoms with Crippen molar-refractivity contribution in [1.82, 2.24) is 4.98 Å². The summed E-state index contributed by atoms with van der Waals surface area (Å²) >= 11 is 1.66. The molecule has 9 rings (SSSR count). The minimum atomic E-state index is 0. The summed E-state index contributed by atoms with van der Waals surface area (Å²) in [5, 5.41) is 0. The molecule has 268 valence electrons. The maximum Gasteiger partial charge on any atom is 0.135 e. The molecule has 1 aromatic heterocycles. The molecule has 0 radical (unpaired) electrons. The van der Waals surface area contributed by atoms with Crippen LogP contribution < -0.4 is 14.7 Å². The molecular formula is C48H37N4PtS-3. The fourth-order valence-electron chi connectivity index (χ4n) is 7.02. The van der Waals surface area contributed by atoms with Gasteiger partial charge in [-0.1, -0.05) is 117 Å². The Kier molecular flexibility index (Phi) is 9.79. The summed E-state index contributed by atoms with van der Waals surface area (Å²) in [6.07, 6.45) is 6.00. The van der Waals surface area contributed by atoms with Crippen LogP contribution in [0.4, 0.5) is 28.6 Å². The molecule has 3 heterocycles. The van der Waals surface area contributed by atoms with E-state index < -0.39 is 0 Å². The quantitative estimate of drug-likeness (QED) is 0.155. The molecule has 0 spiro atoms. The average Bonchev–Trinajstić information content (AvgIpc) is 3.66. The standard InChI is InChI=1S/C48H37N4S.Pt/c1-48(2,3)36-22-19-34(20-23-36)35-21-25-43-41-16-7-8-17-42(41)44-26-24-40(32-46(44)52(45(43)30-35)47-18-9-10-27-49-47)53-39-15-11-14-38(31-39)51-29-28-50(33-51)37-12-5-4-6-13-37;/h4-30,33H,1-3H3;/q-3;. The van der Waals surface area contributed by atoms with Crippen molar-refractivity contribution in [2.24, 2.45) is 0 Å². The molecule has 0 amide bonds. The Labute approximate surface area is 337 Å². The first kappa shape index (κ1) is 35.7. The van der Waals surface area contributed by atoms with E-state index in [1.54, 1.807) is 11.8 Å². The molecular weight excluding hydrogens is 860 g/mol. The van der Waals surface area contributed by atoms with E-state index in [1.807, 2.05) is 18.3 Å². The van der Waals surface area contributed by atoms with Crippen LogP contribution in [-0.4, -0.2) is 4.98 Å². The van der Waals surface area contributed by atoms with Gasteiger partial charge in [-0.3, -0.25) is 0 Å². The molecule has 0 fully saturated rings. The van der Waals surface area contributed by atoms with Crippen molar-refractivity contribution in [3.05, 3.63) is 189 Å². The van der Waals surface area contributed by atoms with Crippen LogP contribution >= 0.6 is 11.8 Å². The molecule has 4 nitrogen and oxygen atoms in total. The minimum Gasteiger partial charge on any atom is -0.500 e. The summed E-state index contributed by atoms with van der Waals surface area (Å²) in [5.41, 5.74) is 12.5. The van der Waals surface area contributed by atoms with Gasteiger partial charge in [0.05, 0.1) is 5.69 Å². The second kappa shape index (κ2) is 14.8. The van der Waals surface area contributed by atoms with Crippen molar-refractivity contribution in [3.63, 3.8) is 0 Å². The number of para-hydroxylation sites is 1. The number of hydrogen-bond acceptors (Lipinski definition) is 5. The van der Waals surface area contributed by atoms with Crippen LogP contribution in [0.2, 0.25) is 0 Å². The van der Waals surface area contributed by atoms with Crippen molar-refractivity contribution in [2.75, 3.05) is 14.7 Å². The molecule has 0 saturated heterocycles. The third-order valence-corrected chi connectivity index (χ3v) is 10.7. The molecule has 7 aromatic rings. The van der Waals surface area contributed by atoms with E-state index in [0.29, 0.717) is 0 Å². The summed E-state index contributed by atoms with van der Waals surface area (Å²) in [7, 11) is 0. The molecule has 6 heteroatoms. The molecule has 0 unspecified atom stereocenters. The maximum absolute atomic E-state index is 4.92. The van der Waals surface area contributed by atoms with E-state index >= 15 is 0 Å². The summed E-state index contributed by atoms with van der Waals surface area (Å²) in [6, 6.07) is 59.2. The van der Waals surface area contributed by atoms with E-state index in [2.05, 4.69) is 200 Å². The largest absolute Gasteiger partial charge is 0.500 e. The number of nitrogens with zero attached hydrogens (tertiary/aromatic N) is 4. The zero-order valence-corrected chi connectivity index (χ0v) is 33.3. The fraction of sp³-hybridized carbons (Fsp3) is 0.0833. The van der Waals surface area contributed by atoms with Crippen LogP contribution in [0.5, 0.6) is 0 Å². The first-order valence-corrected chi connectivity index (χ1v) is 18.7. The molecule has 6 aromatic carbocycles. The Hall–Kier alpha value is -5.35. The Morgan fingerprint density at radius 3 is 2.04 bits per heavy atom. The molecule has 0 atom stereocenters. The van der Waals surface area contributed by atoms with Gasteiger partial charge in [-0.05, 0) is 70.4 Å². The second-order valence-electron chi connectivity index (χ2n) is 14.3. The van der Waals surface area contributed by atoms with Gasteiger partial charge in [-0.25, -0.2) is 4.98 Å². The molecule has 0 N–H and O–H groups in total. The van der Waals surface area contributed by atoms with Gasteiger partial charge in [0.2, 0.25) is 0 Å². The van der Waals surface area contributed by atoms with Crippen LogP contribution in [0.25, 0.3) is 33.4 Å². The summed E-state index contributed by atoms with van der Waals surface area (Å²) < 4.78 is 0. The van der Waals surface area contributed by atoms with Crippen molar-refractivity contribution < 1.29 is 21.1 Å². The van der Waals surface area contributed by atoms with E-state index in [-0.39, 0.29) is 26.5 Å². The Bertz CT molecular complexity index is 2460. The van der Waals surface area contributed by atoms with Crippen LogP contribution in [0, 0.1) is 18.8 Å². The van der Waals surface area contributed by atoms with Crippen LogP contribution in [-0.2, 0) is 26.5 Å². The predicted octanol–water partition coefficient (Wildman–Crippen LogP) is 12.8. The molecule has 54 heavy (non-hydrogen) atoms. The SMILES string of the molecule is CC(C)(C)c1ccc(-c2ccc3c(c2)N(c2ccccn2)c2[c-]c(Sc4[c-]c(N5C=CN(c6ccccc6)[CH-]5)ccc4)ccc2-c2ccccc2-3)cc1.[Pt]. The molecule has 2 aliphatic rings. The zero-order valence-electron chi connectivity index (χ0n) is 30.2. The van der Waals surface area contributed by atoms with Crippen LogP contribution in [0.15, 0.2) is 174 Å². The van der Waals surface area contributed by atoms with Crippen LogP contribution in [0.1, 0.15) is 26.3 Å². The van der Waals surface area contributed by atoms with E-state index in [1.165, 1.54) is 22.3 Å². The molecule has 0 saturated carbocycles. The number of aromatic nitrogens is 1. The molecule has 0 aliphatic carbocycles. The predicted molar refractivity (Wildman–Crippen MR) is 221 cm³/mol. The maximum atomic E-state index is 4.92. The summed E-state index contributed by atoms with van der Waals surface area (Å²) in [5.74, 6) is 0.842. The number of rotatable bonds is 6. The monoisotopic (exact) mass is 896 g/mol. The number of fused-ring (bicyclic) bond motifs is 5. The Morgan fingerprint density at radius 2 is 1.28 bits per heavy atom. The van der Waals surface area contributed by atoms with Crippen molar-refractivity contribution in [2.45, 2.75) is 36.0 Å². The average molecular weight is 897 g/mol. The fourth-order valence-corrected chi connectivity index (χ4v) is 7.84. The van der Waals surface area contributed by atoms with E-state index in [4.69, 9.17) is 4.98 Å². The first-order valence-electron chi connectivity index (χ1n) is 17.9. The number of pyridine rings is 1. The van der Waals surface area contributed by atoms with Gasteiger partial charge in [-0.15, -0.1) is 51.6 Å². The van der Waals surface area contributed by atoms with Crippen LogP contribution in [0.3, 0.4) is 0 Å². The summed E-state index contributed by atoms with van der Waals surface area (Å²) in [6.45, 7) is 8.84. The van der Waals surface area contributed by atoms with Crippen molar-refractivity contribution in [3.8, 4) is 33.4 Å². The number of benzene rings is 6. The molecule has 2 aliphatic heterocycles. The summed E-state index contributed by atoms with van der Waals surface area (Å²) in [4.78, 5) is 13.4. The van der Waals surface area contributed by atoms with E-state index in [9.17, 15) is 0 Å². The van der Waals surface area contributed by atoms with Gasteiger partial charge in [0.15, 0.2) is 0 Å². The molecule has 0 bridgehead atoms. The Balaban J connectivity index is 0.00000413. The van der Waals surface area contributed by atoms with Gasteiger partial charge in [-0.2, -0.15) is 30.3 Å². The number of anilines is 5. The normalized spacial score (nSPS) is 13.1. The smallest absolute Gasteiger partial charge is 0.135 e. The number of hydrogen-bond donors (Lipinski definition) is 0. The minimum absolute atomic E-state index is 0. The Morgan fingerprint density at radius 1 is 0.593 bits per heavy atom. The third-order valence-electron chi connectivity index (χ3n) is 9.77. The van der Waals surface area contributed by atoms with Crippen molar-refractivity contribution >= 4 is 40.3 Å². The van der Waals surface area contributed by atoms with Gasteiger partial charge in [0.25, 0.3) is 0 Å². The van der Waals surface area contributed by atoms with Gasteiger partial charge in [0.1, 0.15) is 5.82 Å². The zero-order chi connectivity index (χ0) is 35.9. The van der Waals surface area contributed by atoms with Crippen molar-refractivity contribution in [1.29, 1.82) is 0 Å². The first-order chi connectivity index (χ1) is 25.9. The third kappa shape index (κ3) is 6.90. The second-order valence-corrected chi connectivity index (χ2v) is 15.4.